The second kappa shape index (κ2) is 27.1. The van der Waals surface area contributed by atoms with Gasteiger partial charge in [-0.15, -0.1) is 0 Å². The maximum atomic E-state index is 13.5. The molecule has 0 bridgehead atoms. The van der Waals surface area contributed by atoms with Gasteiger partial charge in [-0.05, 0) is 100 Å². The Bertz CT molecular complexity index is 2360. The topological polar surface area (TPSA) is 366 Å². The average Bonchev–Trinajstić information content (AvgIpc) is 3.32. The number of carbonyl (C=O) groups excluding carboxylic acids is 4. The van der Waals surface area contributed by atoms with Gasteiger partial charge >= 0.3 is 10.4 Å². The average molecular weight is 981 g/mol. The molecule has 6 N–H and O–H groups in total. The zero-order valence-corrected chi connectivity index (χ0v) is 37.4. The molecule has 0 aliphatic heterocycles. The SMILES string of the molecule is O=C(NCCCCNCCC(NC(=O)c1ccc([N+](=O)[O-])cc1)OS(=O)(=O)OC(CCNCCCCNC(=O)c1ccc([N+](=O)[O-])cc1)NC(=O)c1ccc([N+](=O)[O-])cc1)c1ccc([N+](=O)[O-])cc1. The van der Waals surface area contributed by atoms with Crippen LogP contribution < -0.4 is 31.9 Å². The van der Waals surface area contributed by atoms with E-state index in [1.807, 2.05) is 0 Å². The third-order valence-corrected chi connectivity index (χ3v) is 10.6. The molecule has 0 spiro atoms. The smallest absolute Gasteiger partial charge is 0.352 e. The maximum absolute atomic E-state index is 13.5. The number of nitrogens with one attached hydrogen (secondary N) is 6. The molecule has 2 unspecified atom stereocenters. The number of nitro groups is 4. The number of nitro benzene ring substituents is 4. The van der Waals surface area contributed by atoms with Crippen molar-refractivity contribution in [2.75, 3.05) is 39.3 Å². The molecule has 69 heavy (non-hydrogen) atoms. The third-order valence-electron chi connectivity index (χ3n) is 9.71. The van der Waals surface area contributed by atoms with Gasteiger partial charge in [-0.2, -0.15) is 8.42 Å². The van der Waals surface area contributed by atoms with Crippen LogP contribution in [0.2, 0.25) is 0 Å². The first kappa shape index (κ1) is 53.8. The van der Waals surface area contributed by atoms with Crippen molar-refractivity contribution in [3.8, 4) is 0 Å². The van der Waals surface area contributed by atoms with Gasteiger partial charge in [0.1, 0.15) is 0 Å². The molecule has 0 fully saturated rings. The van der Waals surface area contributed by atoms with E-state index in [0.29, 0.717) is 38.8 Å². The van der Waals surface area contributed by atoms with E-state index < -0.39 is 66.2 Å². The fourth-order valence-corrected chi connectivity index (χ4v) is 6.97. The Morgan fingerprint density at radius 3 is 0.957 bits per heavy atom. The van der Waals surface area contributed by atoms with E-state index in [-0.39, 0.29) is 84.0 Å². The summed E-state index contributed by atoms with van der Waals surface area (Å²) in [6.07, 6.45) is -1.43. The highest BCUT2D eigenvalue weighted by Crippen LogP contribution is 2.17. The second-order valence-corrected chi connectivity index (χ2v) is 15.9. The maximum Gasteiger partial charge on any atom is 0.403 e. The van der Waals surface area contributed by atoms with E-state index in [1.165, 1.54) is 48.5 Å². The molecule has 4 aromatic rings. The first-order chi connectivity index (χ1) is 32.9. The lowest BCUT2D eigenvalue weighted by Crippen LogP contribution is -2.44. The zero-order chi connectivity index (χ0) is 50.3. The molecule has 4 aromatic carbocycles. The van der Waals surface area contributed by atoms with Gasteiger partial charge in [0.15, 0.2) is 12.5 Å². The Hall–Kier alpha value is -7.85. The van der Waals surface area contributed by atoms with Crippen molar-refractivity contribution in [1.82, 2.24) is 31.9 Å². The van der Waals surface area contributed by atoms with E-state index in [4.69, 9.17) is 8.37 Å². The normalized spacial score (nSPS) is 11.9. The third kappa shape index (κ3) is 18.8. The predicted octanol–water partition coefficient (Wildman–Crippen LogP) is 3.79. The summed E-state index contributed by atoms with van der Waals surface area (Å²) in [5.41, 5.74) is -0.561. The molecule has 4 rings (SSSR count). The van der Waals surface area contributed by atoms with Crippen molar-refractivity contribution in [3.05, 3.63) is 160 Å². The number of nitrogens with zero attached hydrogens (tertiary/aromatic N) is 4. The Balaban J connectivity index is 1.34. The van der Waals surface area contributed by atoms with Crippen LogP contribution in [0, 0.1) is 40.5 Å². The molecular weight excluding hydrogens is 933 g/mol. The van der Waals surface area contributed by atoms with Crippen molar-refractivity contribution >= 4 is 56.8 Å². The van der Waals surface area contributed by atoms with Crippen molar-refractivity contribution in [1.29, 1.82) is 0 Å². The summed E-state index contributed by atoms with van der Waals surface area (Å²) in [5, 5.41) is 60.4. The van der Waals surface area contributed by atoms with Crippen LogP contribution in [0.1, 0.15) is 80.0 Å². The highest BCUT2D eigenvalue weighted by atomic mass is 32.3. The first-order valence-electron chi connectivity index (χ1n) is 21.1. The van der Waals surface area contributed by atoms with E-state index in [1.54, 1.807) is 0 Å². The summed E-state index contributed by atoms with van der Waals surface area (Å²) < 4.78 is 37.6. The fraction of sp³-hybridized carbons (Fsp3) is 0.333. The number of non-ortho nitro benzene ring substituents is 4. The monoisotopic (exact) mass is 980 g/mol. The lowest BCUT2D eigenvalue weighted by molar-refractivity contribution is -0.385. The lowest BCUT2D eigenvalue weighted by Gasteiger charge is -2.22. The van der Waals surface area contributed by atoms with Crippen molar-refractivity contribution in [3.63, 3.8) is 0 Å². The minimum absolute atomic E-state index is 0.0672. The number of hydrogen-bond acceptors (Lipinski definition) is 18. The summed E-state index contributed by atoms with van der Waals surface area (Å²) in [6.45, 7) is 1.44. The Morgan fingerprint density at radius 2 is 0.681 bits per heavy atom. The highest BCUT2D eigenvalue weighted by molar-refractivity contribution is 7.81. The quantitative estimate of drug-likeness (QED) is 0.0187. The molecule has 2 atom stereocenters. The minimum Gasteiger partial charge on any atom is -0.352 e. The molecule has 368 valence electrons. The predicted molar refractivity (Wildman–Crippen MR) is 244 cm³/mol. The first-order valence-corrected chi connectivity index (χ1v) is 22.4. The molecule has 0 saturated carbocycles. The van der Waals surface area contributed by atoms with E-state index in [0.717, 1.165) is 48.5 Å². The highest BCUT2D eigenvalue weighted by Gasteiger charge is 2.28. The number of rotatable bonds is 30. The Labute approximate surface area is 393 Å². The molecule has 27 heteroatoms. The summed E-state index contributed by atoms with van der Waals surface area (Å²) >= 11 is 0. The molecule has 0 aliphatic rings. The van der Waals surface area contributed by atoms with Crippen LogP contribution in [0.5, 0.6) is 0 Å². The van der Waals surface area contributed by atoms with Gasteiger partial charge in [-0.3, -0.25) is 59.6 Å². The van der Waals surface area contributed by atoms with Crippen molar-refractivity contribution in [2.45, 2.75) is 51.0 Å². The minimum atomic E-state index is -5.07. The summed E-state index contributed by atoms with van der Waals surface area (Å²) in [6, 6.07) is 19.1. The number of carbonyl (C=O) groups is 4. The van der Waals surface area contributed by atoms with E-state index >= 15 is 0 Å². The van der Waals surface area contributed by atoms with Crippen LogP contribution in [0.3, 0.4) is 0 Å². The van der Waals surface area contributed by atoms with Crippen LogP contribution in [-0.4, -0.2) is 103 Å². The van der Waals surface area contributed by atoms with Crippen LogP contribution in [-0.2, 0) is 18.8 Å². The van der Waals surface area contributed by atoms with E-state index in [2.05, 4.69) is 31.9 Å². The number of hydrogen-bond donors (Lipinski definition) is 6. The largest absolute Gasteiger partial charge is 0.403 e. The summed E-state index contributed by atoms with van der Waals surface area (Å²) in [4.78, 5) is 92.7. The van der Waals surface area contributed by atoms with Gasteiger partial charge in [-0.1, -0.05) is 0 Å². The van der Waals surface area contributed by atoms with Gasteiger partial charge in [0.25, 0.3) is 46.4 Å². The number of amides is 4. The van der Waals surface area contributed by atoms with Crippen molar-refractivity contribution in [2.24, 2.45) is 0 Å². The number of benzene rings is 4. The lowest BCUT2D eigenvalue weighted by atomic mass is 10.2. The van der Waals surface area contributed by atoms with Crippen LogP contribution in [0.25, 0.3) is 0 Å². The standard InChI is InChI=1S/C42H48N10O16S/c53-39(29-5-13-33(14-6-29)49(57)58)45-25-3-1-23-43-27-21-37(47-41(55)31-9-17-35(18-10-31)51(61)62)67-69(65,66)68-38(48-42(56)32-11-19-36(20-12-32)52(63)64)22-28-44-24-2-4-26-46-40(54)30-7-15-34(16-8-30)50(59)60/h5-20,37-38,43-44H,1-4,21-28H2,(H,45,53)(H,46,54)(H,47,55)(H,48,56). The number of unbranched alkanes of at least 4 members (excludes halogenated alkanes) is 2. The Kier molecular flexibility index (Phi) is 21.1. The van der Waals surface area contributed by atoms with Gasteiger partial charge in [0.2, 0.25) is 0 Å². The second-order valence-electron chi connectivity index (χ2n) is 14.7. The molecule has 4 amide bonds. The van der Waals surface area contributed by atoms with Crippen LogP contribution in [0.15, 0.2) is 97.1 Å². The van der Waals surface area contributed by atoms with Gasteiger partial charge in [0, 0.05) is 96.7 Å². The van der Waals surface area contributed by atoms with Crippen LogP contribution in [0.4, 0.5) is 22.7 Å². The van der Waals surface area contributed by atoms with Crippen LogP contribution >= 0.6 is 0 Å². The Morgan fingerprint density at radius 1 is 0.420 bits per heavy atom. The molecule has 0 aliphatic carbocycles. The van der Waals surface area contributed by atoms with Gasteiger partial charge in [-0.25, -0.2) is 8.37 Å². The van der Waals surface area contributed by atoms with Gasteiger partial charge < -0.3 is 31.9 Å². The molecule has 26 nitrogen and oxygen atoms in total. The summed E-state index contributed by atoms with van der Waals surface area (Å²) in [5.74, 6) is -2.55. The molecular formula is C42H48N10O16S. The summed E-state index contributed by atoms with van der Waals surface area (Å²) in [7, 11) is -5.07. The fourth-order valence-electron chi connectivity index (χ4n) is 6.07. The molecule has 0 aromatic heterocycles. The molecule has 0 radical (unpaired) electrons. The molecule has 0 saturated heterocycles. The van der Waals surface area contributed by atoms with Crippen molar-refractivity contribution < 1.29 is 55.7 Å². The molecule has 0 heterocycles. The van der Waals surface area contributed by atoms with E-state index in [9.17, 15) is 68.1 Å². The zero-order valence-electron chi connectivity index (χ0n) is 36.6. The van der Waals surface area contributed by atoms with Gasteiger partial charge in [0.05, 0.1) is 19.7 Å².